The van der Waals surface area contributed by atoms with Crippen LogP contribution in [0.5, 0.6) is 0 Å². The molecule has 0 amide bonds. The molecule has 0 aliphatic rings. The molecule has 108 valence electrons. The van der Waals surface area contributed by atoms with Gasteiger partial charge < -0.3 is 10.2 Å². The lowest BCUT2D eigenvalue weighted by molar-refractivity contribution is 0.568. The third-order valence-corrected chi connectivity index (χ3v) is 4.08. The van der Waals surface area contributed by atoms with Gasteiger partial charge in [0, 0.05) is 22.1 Å². The van der Waals surface area contributed by atoms with Crippen LogP contribution in [0.2, 0.25) is 0 Å². The van der Waals surface area contributed by atoms with Crippen LogP contribution in [0.1, 0.15) is 25.3 Å². The van der Waals surface area contributed by atoms with Crippen molar-refractivity contribution in [2.45, 2.75) is 26.2 Å². The molecular formula is C16H17N3OS. The molecule has 0 aliphatic carbocycles. The first-order valence-electron chi connectivity index (χ1n) is 7.01. The number of rotatable bonds is 5. The van der Waals surface area contributed by atoms with E-state index < -0.39 is 0 Å². The van der Waals surface area contributed by atoms with Crippen LogP contribution in [-0.2, 0) is 6.42 Å². The smallest absolute Gasteiger partial charge is 0.221 e. The van der Waals surface area contributed by atoms with Crippen LogP contribution in [0.3, 0.4) is 0 Å². The summed E-state index contributed by atoms with van der Waals surface area (Å²) in [5.74, 6) is 0.299. The molecule has 0 aliphatic heterocycles. The van der Waals surface area contributed by atoms with Crippen molar-refractivity contribution < 1.29 is 4.42 Å². The molecule has 0 saturated heterocycles. The van der Waals surface area contributed by atoms with Gasteiger partial charge in [-0.25, -0.2) is 9.97 Å². The third-order valence-electron chi connectivity index (χ3n) is 3.39. The topological polar surface area (TPSA) is 64.9 Å². The molecule has 0 aromatic carbocycles. The third kappa shape index (κ3) is 2.83. The van der Waals surface area contributed by atoms with Crippen molar-refractivity contribution in [3.05, 3.63) is 41.0 Å². The predicted octanol–water partition coefficient (Wildman–Crippen LogP) is 4.39. The SMILES string of the molecule is CCCCc1c(-c2ccoc2)nc(N)nc1-c1ccsc1. The summed E-state index contributed by atoms with van der Waals surface area (Å²) in [4.78, 5) is 8.93. The molecule has 21 heavy (non-hydrogen) atoms. The molecule has 0 unspecified atom stereocenters. The second-order valence-electron chi connectivity index (χ2n) is 4.89. The first-order chi connectivity index (χ1) is 10.3. The van der Waals surface area contributed by atoms with Gasteiger partial charge in [0.2, 0.25) is 5.95 Å². The zero-order chi connectivity index (χ0) is 14.7. The number of anilines is 1. The van der Waals surface area contributed by atoms with Gasteiger partial charge in [-0.3, -0.25) is 0 Å². The van der Waals surface area contributed by atoms with E-state index in [1.807, 2.05) is 6.07 Å². The monoisotopic (exact) mass is 299 g/mol. The highest BCUT2D eigenvalue weighted by Crippen LogP contribution is 2.32. The van der Waals surface area contributed by atoms with E-state index in [0.717, 1.165) is 47.3 Å². The predicted molar refractivity (Wildman–Crippen MR) is 86.1 cm³/mol. The van der Waals surface area contributed by atoms with Crippen LogP contribution in [0.15, 0.2) is 39.8 Å². The summed E-state index contributed by atoms with van der Waals surface area (Å²) in [5, 5.41) is 4.14. The highest BCUT2D eigenvalue weighted by molar-refractivity contribution is 7.08. The molecule has 3 heterocycles. The maximum atomic E-state index is 5.92. The summed E-state index contributed by atoms with van der Waals surface area (Å²) in [6.07, 6.45) is 6.51. The standard InChI is InChI=1S/C16H17N3OS/c1-2-3-4-13-14(11-5-7-20-9-11)18-16(17)19-15(13)12-6-8-21-10-12/h5-10H,2-4H2,1H3,(H2,17,18,19). The zero-order valence-electron chi connectivity index (χ0n) is 11.9. The van der Waals surface area contributed by atoms with E-state index in [0.29, 0.717) is 5.95 Å². The molecule has 0 radical (unpaired) electrons. The Kier molecular flexibility index (Phi) is 4.01. The Balaban J connectivity index is 2.18. The van der Waals surface area contributed by atoms with Gasteiger partial charge in [-0.2, -0.15) is 11.3 Å². The summed E-state index contributed by atoms with van der Waals surface area (Å²) in [7, 11) is 0. The normalized spacial score (nSPS) is 10.9. The minimum absolute atomic E-state index is 0.299. The number of furan rings is 1. The summed E-state index contributed by atoms with van der Waals surface area (Å²) < 4.78 is 5.20. The van der Waals surface area contributed by atoms with E-state index in [-0.39, 0.29) is 0 Å². The molecule has 0 bridgehead atoms. The van der Waals surface area contributed by atoms with Crippen LogP contribution in [-0.4, -0.2) is 9.97 Å². The van der Waals surface area contributed by atoms with Crippen molar-refractivity contribution in [2.24, 2.45) is 0 Å². The second kappa shape index (κ2) is 6.10. The first kappa shape index (κ1) is 13.8. The molecule has 0 fully saturated rings. The van der Waals surface area contributed by atoms with Crippen molar-refractivity contribution >= 4 is 17.3 Å². The number of nitrogen functional groups attached to an aromatic ring is 1. The molecule has 3 rings (SSSR count). The Bertz CT molecular complexity index is 650. The van der Waals surface area contributed by atoms with Crippen LogP contribution in [0.25, 0.3) is 22.5 Å². The largest absolute Gasteiger partial charge is 0.472 e. The fraction of sp³-hybridized carbons (Fsp3) is 0.250. The molecule has 4 nitrogen and oxygen atoms in total. The Labute approximate surface area is 127 Å². The lowest BCUT2D eigenvalue weighted by atomic mass is 9.98. The van der Waals surface area contributed by atoms with Gasteiger partial charge in [-0.1, -0.05) is 13.3 Å². The maximum Gasteiger partial charge on any atom is 0.221 e. The molecule has 0 spiro atoms. The van der Waals surface area contributed by atoms with Crippen LogP contribution < -0.4 is 5.73 Å². The van der Waals surface area contributed by atoms with E-state index in [9.17, 15) is 0 Å². The lowest BCUT2D eigenvalue weighted by Gasteiger charge is -2.12. The van der Waals surface area contributed by atoms with E-state index in [1.165, 1.54) is 0 Å². The fourth-order valence-electron chi connectivity index (χ4n) is 2.37. The summed E-state index contributed by atoms with van der Waals surface area (Å²) in [6, 6.07) is 3.98. The van der Waals surface area contributed by atoms with Crippen LogP contribution in [0.4, 0.5) is 5.95 Å². The van der Waals surface area contributed by atoms with Crippen LogP contribution in [0, 0.1) is 0 Å². The molecule has 5 heteroatoms. The molecule has 3 aromatic heterocycles. The average molecular weight is 299 g/mol. The summed E-state index contributed by atoms with van der Waals surface area (Å²) >= 11 is 1.66. The number of nitrogens with zero attached hydrogens (tertiary/aromatic N) is 2. The van der Waals surface area contributed by atoms with Crippen LogP contribution >= 0.6 is 11.3 Å². The van der Waals surface area contributed by atoms with Crippen molar-refractivity contribution in [3.8, 4) is 22.5 Å². The molecule has 0 saturated carbocycles. The maximum absolute atomic E-state index is 5.92. The number of hydrogen-bond donors (Lipinski definition) is 1. The van der Waals surface area contributed by atoms with Crippen molar-refractivity contribution in [2.75, 3.05) is 5.73 Å². The minimum atomic E-state index is 0.299. The molecular weight excluding hydrogens is 282 g/mol. The van der Waals surface area contributed by atoms with Gasteiger partial charge in [0.05, 0.1) is 23.9 Å². The second-order valence-corrected chi connectivity index (χ2v) is 5.67. The van der Waals surface area contributed by atoms with Gasteiger partial charge in [-0.15, -0.1) is 0 Å². The van der Waals surface area contributed by atoms with Crippen molar-refractivity contribution in [3.63, 3.8) is 0 Å². The molecule has 3 aromatic rings. The summed E-state index contributed by atoms with van der Waals surface area (Å²) in [5.41, 5.74) is 10.9. The molecule has 0 atom stereocenters. The molecule has 2 N–H and O–H groups in total. The van der Waals surface area contributed by atoms with E-state index in [1.54, 1.807) is 23.9 Å². The average Bonchev–Trinajstić information content (AvgIpc) is 3.18. The van der Waals surface area contributed by atoms with Gasteiger partial charge in [-0.05, 0) is 30.4 Å². The summed E-state index contributed by atoms with van der Waals surface area (Å²) in [6.45, 7) is 2.18. The number of thiophene rings is 1. The van der Waals surface area contributed by atoms with Crippen molar-refractivity contribution in [1.29, 1.82) is 0 Å². The van der Waals surface area contributed by atoms with E-state index in [4.69, 9.17) is 10.2 Å². The number of hydrogen-bond acceptors (Lipinski definition) is 5. The van der Waals surface area contributed by atoms with Gasteiger partial charge in [0.25, 0.3) is 0 Å². The highest BCUT2D eigenvalue weighted by Gasteiger charge is 2.17. The Morgan fingerprint density at radius 3 is 2.62 bits per heavy atom. The van der Waals surface area contributed by atoms with E-state index >= 15 is 0 Å². The quantitative estimate of drug-likeness (QED) is 0.758. The van der Waals surface area contributed by atoms with E-state index in [2.05, 4.69) is 33.7 Å². The Hall–Kier alpha value is -2.14. The van der Waals surface area contributed by atoms with Gasteiger partial charge in [0.1, 0.15) is 0 Å². The minimum Gasteiger partial charge on any atom is -0.472 e. The number of aromatic nitrogens is 2. The highest BCUT2D eigenvalue weighted by atomic mass is 32.1. The Morgan fingerprint density at radius 1 is 1.19 bits per heavy atom. The lowest BCUT2D eigenvalue weighted by Crippen LogP contribution is -2.04. The zero-order valence-corrected chi connectivity index (χ0v) is 12.7. The first-order valence-corrected chi connectivity index (χ1v) is 7.95. The number of nitrogens with two attached hydrogens (primary N) is 1. The van der Waals surface area contributed by atoms with Crippen molar-refractivity contribution in [1.82, 2.24) is 9.97 Å². The van der Waals surface area contributed by atoms with Gasteiger partial charge >= 0.3 is 0 Å². The Morgan fingerprint density at radius 2 is 2.00 bits per heavy atom. The number of unbranched alkanes of at least 4 members (excludes halogenated alkanes) is 1. The fourth-order valence-corrected chi connectivity index (χ4v) is 3.01. The van der Waals surface area contributed by atoms with Gasteiger partial charge in [0.15, 0.2) is 0 Å².